The minimum atomic E-state index is -0.999. The maximum absolute atomic E-state index is 13.6. The fraction of sp³-hybridized carbons (Fsp3) is 0.130. The molecule has 8 heteroatoms. The van der Waals surface area contributed by atoms with Crippen molar-refractivity contribution >= 4 is 58.0 Å². The minimum absolute atomic E-state index is 0.310. The first kappa shape index (κ1) is 20.3. The van der Waals surface area contributed by atoms with E-state index in [2.05, 4.69) is 0 Å². The van der Waals surface area contributed by atoms with Crippen molar-refractivity contribution in [3.63, 3.8) is 0 Å². The molecule has 0 aromatic heterocycles. The molecule has 156 valence electrons. The number of fused-ring (bicyclic) bond motifs is 1. The van der Waals surface area contributed by atoms with Crippen molar-refractivity contribution in [2.24, 2.45) is 5.92 Å². The van der Waals surface area contributed by atoms with Gasteiger partial charge in [-0.2, -0.15) is 0 Å². The lowest BCUT2D eigenvalue weighted by Gasteiger charge is -2.29. The summed E-state index contributed by atoms with van der Waals surface area (Å²) in [5, 5.41) is 2.76. The molecule has 0 aliphatic carbocycles. The lowest BCUT2D eigenvalue weighted by Crippen LogP contribution is -2.37. The Labute approximate surface area is 193 Å². The van der Waals surface area contributed by atoms with Crippen molar-refractivity contribution < 1.29 is 14.4 Å². The second-order valence-corrected chi connectivity index (χ2v) is 8.54. The molecule has 0 bridgehead atoms. The van der Waals surface area contributed by atoms with E-state index in [1.807, 2.05) is 30.3 Å². The average Bonchev–Trinajstić information content (AvgIpc) is 3.26. The van der Waals surface area contributed by atoms with Crippen LogP contribution in [0.5, 0.6) is 0 Å². The first-order valence-electron chi connectivity index (χ1n) is 9.55. The van der Waals surface area contributed by atoms with Gasteiger partial charge in [-0.15, -0.1) is 0 Å². The molecule has 0 N–H and O–H groups in total. The maximum Gasteiger partial charge on any atom is 0.266 e. The minimum Gasteiger partial charge on any atom is -0.273 e. The van der Waals surface area contributed by atoms with Crippen LogP contribution >= 0.6 is 34.8 Å². The van der Waals surface area contributed by atoms with E-state index >= 15 is 0 Å². The van der Waals surface area contributed by atoms with Gasteiger partial charge in [-0.05, 0) is 42.0 Å². The Morgan fingerprint density at radius 3 is 2.19 bits per heavy atom. The highest BCUT2D eigenvalue weighted by Gasteiger charge is 2.60. The normalized spacial score (nSPS) is 22.9. The number of hydrogen-bond acceptors (Lipinski definition) is 4. The van der Waals surface area contributed by atoms with Crippen LogP contribution in [0.15, 0.2) is 72.8 Å². The molecule has 3 aromatic rings. The Balaban J connectivity index is 1.63. The third-order valence-electron chi connectivity index (χ3n) is 5.50. The van der Waals surface area contributed by atoms with Crippen LogP contribution in [0, 0.1) is 5.92 Å². The van der Waals surface area contributed by atoms with Crippen LogP contribution < -0.4 is 9.96 Å². The van der Waals surface area contributed by atoms with Crippen molar-refractivity contribution in [1.82, 2.24) is 0 Å². The van der Waals surface area contributed by atoms with Gasteiger partial charge in [0.25, 0.3) is 5.91 Å². The molecule has 31 heavy (non-hydrogen) atoms. The topological polar surface area (TPSA) is 49.9 Å². The van der Waals surface area contributed by atoms with Crippen LogP contribution in [0.4, 0.5) is 11.4 Å². The summed E-state index contributed by atoms with van der Waals surface area (Å²) in [5.41, 5.74) is 1.69. The van der Waals surface area contributed by atoms with Gasteiger partial charge in [0.05, 0.1) is 22.4 Å². The largest absolute Gasteiger partial charge is 0.273 e. The van der Waals surface area contributed by atoms with Crippen LogP contribution in [-0.4, -0.2) is 17.9 Å². The van der Waals surface area contributed by atoms with Crippen molar-refractivity contribution in [2.75, 3.05) is 9.96 Å². The van der Waals surface area contributed by atoms with Crippen LogP contribution in [0.2, 0.25) is 15.1 Å². The summed E-state index contributed by atoms with van der Waals surface area (Å²) in [6.45, 7) is 0. The molecule has 2 amide bonds. The fourth-order valence-corrected chi connectivity index (χ4v) is 4.88. The Morgan fingerprint density at radius 1 is 0.774 bits per heavy atom. The molecule has 5 nitrogen and oxygen atoms in total. The molecule has 2 aliphatic heterocycles. The number of imide groups is 1. The summed E-state index contributed by atoms with van der Waals surface area (Å²) < 4.78 is 0. The predicted octanol–water partition coefficient (Wildman–Crippen LogP) is 5.70. The van der Waals surface area contributed by atoms with Crippen molar-refractivity contribution in [3.05, 3.63) is 93.4 Å². The predicted molar refractivity (Wildman–Crippen MR) is 120 cm³/mol. The van der Waals surface area contributed by atoms with Crippen LogP contribution in [0.1, 0.15) is 11.6 Å². The van der Waals surface area contributed by atoms with E-state index in [1.165, 1.54) is 0 Å². The highest BCUT2D eigenvalue weighted by atomic mass is 35.5. The number of carbonyl (C=O) groups is 2. The number of hydrogen-bond donors (Lipinski definition) is 0. The van der Waals surface area contributed by atoms with Crippen LogP contribution in [0.25, 0.3) is 0 Å². The number of anilines is 2. The van der Waals surface area contributed by atoms with E-state index in [4.69, 9.17) is 39.6 Å². The number of hydroxylamine groups is 1. The van der Waals surface area contributed by atoms with E-state index in [-0.39, 0.29) is 0 Å². The number of amides is 2. The van der Waals surface area contributed by atoms with Gasteiger partial charge >= 0.3 is 0 Å². The second kappa shape index (κ2) is 7.84. The quantitative estimate of drug-likeness (QED) is 0.458. The summed E-state index contributed by atoms with van der Waals surface area (Å²) in [6.07, 6.45) is -0.999. The smallest absolute Gasteiger partial charge is 0.266 e. The highest BCUT2D eigenvalue weighted by Crippen LogP contribution is 2.49. The van der Waals surface area contributed by atoms with Crippen molar-refractivity contribution in [3.8, 4) is 0 Å². The summed E-state index contributed by atoms with van der Waals surface area (Å²) in [6, 6.07) is 20.5. The van der Waals surface area contributed by atoms with Gasteiger partial charge in [-0.25, -0.2) is 9.96 Å². The standard InChI is InChI=1S/C23H15Cl3N2O3/c24-13-10-11-15(17(26)12-13)20-19-21(31-28(20)14-6-2-1-3-7-14)23(30)27(22(19)29)18-9-5-4-8-16(18)25/h1-12,19-21H. The molecule has 0 saturated carbocycles. The summed E-state index contributed by atoms with van der Waals surface area (Å²) >= 11 is 18.9. The molecular formula is C23H15Cl3N2O3. The molecule has 2 fully saturated rings. The third kappa shape index (κ3) is 3.29. The monoisotopic (exact) mass is 472 g/mol. The van der Waals surface area contributed by atoms with Gasteiger partial charge in [-0.1, -0.05) is 71.2 Å². The zero-order chi connectivity index (χ0) is 21.7. The zero-order valence-corrected chi connectivity index (χ0v) is 18.2. The van der Waals surface area contributed by atoms with Gasteiger partial charge in [0, 0.05) is 10.0 Å². The van der Waals surface area contributed by atoms with Crippen LogP contribution in [-0.2, 0) is 14.4 Å². The Bertz CT molecular complexity index is 1190. The Hall–Kier alpha value is -2.57. The van der Waals surface area contributed by atoms with Gasteiger partial charge in [0.1, 0.15) is 5.92 Å². The Morgan fingerprint density at radius 2 is 1.48 bits per heavy atom. The van der Waals surface area contributed by atoms with Gasteiger partial charge < -0.3 is 0 Å². The summed E-state index contributed by atoms with van der Waals surface area (Å²) in [7, 11) is 0. The molecule has 5 rings (SSSR count). The van der Waals surface area contributed by atoms with E-state index in [1.54, 1.807) is 47.5 Å². The molecule has 3 aromatic carbocycles. The van der Waals surface area contributed by atoms with Crippen LogP contribution in [0.3, 0.4) is 0 Å². The van der Waals surface area contributed by atoms with E-state index in [9.17, 15) is 9.59 Å². The second-order valence-electron chi connectivity index (χ2n) is 7.29. The summed E-state index contributed by atoms with van der Waals surface area (Å²) in [5.74, 6) is -1.66. The van der Waals surface area contributed by atoms with Gasteiger partial charge in [0.2, 0.25) is 5.91 Å². The molecule has 0 radical (unpaired) electrons. The molecule has 2 heterocycles. The lowest BCUT2D eigenvalue weighted by atomic mass is 9.90. The van der Waals surface area contributed by atoms with E-state index < -0.39 is 29.9 Å². The number of halogens is 3. The maximum atomic E-state index is 13.6. The van der Waals surface area contributed by atoms with Gasteiger partial charge in [-0.3, -0.25) is 14.4 Å². The molecule has 3 unspecified atom stereocenters. The highest BCUT2D eigenvalue weighted by molar-refractivity contribution is 6.36. The molecule has 2 saturated heterocycles. The Kier molecular flexibility index (Phi) is 5.15. The van der Waals surface area contributed by atoms with Gasteiger partial charge in [0.15, 0.2) is 6.10 Å². The molecule has 0 spiro atoms. The first-order chi connectivity index (χ1) is 15.0. The SMILES string of the molecule is O=C1C2ON(c3ccccc3)C(c3ccc(Cl)cc3Cl)C2C(=O)N1c1ccccc1Cl. The molecule has 3 atom stereocenters. The number of nitrogens with zero attached hydrogens (tertiary/aromatic N) is 2. The number of rotatable bonds is 3. The first-order valence-corrected chi connectivity index (χ1v) is 10.7. The lowest BCUT2D eigenvalue weighted by molar-refractivity contribution is -0.126. The number of carbonyl (C=O) groups excluding carboxylic acids is 2. The molecule has 2 aliphatic rings. The van der Waals surface area contributed by atoms with Crippen molar-refractivity contribution in [2.45, 2.75) is 12.1 Å². The zero-order valence-electron chi connectivity index (χ0n) is 15.9. The number of para-hydroxylation sites is 2. The fourth-order valence-electron chi connectivity index (χ4n) is 4.14. The van der Waals surface area contributed by atoms with E-state index in [0.29, 0.717) is 32.0 Å². The summed E-state index contributed by atoms with van der Waals surface area (Å²) in [4.78, 5) is 34.0. The van der Waals surface area contributed by atoms with E-state index in [0.717, 1.165) is 4.90 Å². The average molecular weight is 474 g/mol. The molecular weight excluding hydrogens is 459 g/mol. The third-order valence-corrected chi connectivity index (χ3v) is 6.38. The van der Waals surface area contributed by atoms with Crippen molar-refractivity contribution in [1.29, 1.82) is 0 Å². The number of benzene rings is 3.